The predicted octanol–water partition coefficient (Wildman–Crippen LogP) is 2.35. The molecule has 1 N–H and O–H groups in total. The van der Waals surface area contributed by atoms with Gasteiger partial charge in [0.15, 0.2) is 5.78 Å². The number of Topliss-reactive ketones (excluding diaryl/α,β-unsaturated/α-hetero) is 1. The number of ketones is 1. The zero-order valence-corrected chi connectivity index (χ0v) is 13.2. The number of aromatic nitrogens is 5. The topological polar surface area (TPSA) is 76.5 Å². The fraction of sp³-hybridized carbons (Fsp3) is 0.538. The molecule has 0 radical (unpaired) electrons. The first-order valence-corrected chi connectivity index (χ1v) is 7.38. The van der Waals surface area contributed by atoms with Gasteiger partial charge in [-0.25, -0.2) is 4.68 Å². The molecule has 0 atom stereocenters. The Labute approximate surface area is 122 Å². The Morgan fingerprint density at radius 2 is 2.10 bits per heavy atom. The highest BCUT2D eigenvalue weighted by atomic mass is 32.2. The van der Waals surface area contributed by atoms with Gasteiger partial charge < -0.3 is 4.98 Å². The van der Waals surface area contributed by atoms with E-state index in [1.165, 1.54) is 11.8 Å². The number of carbonyl (C=O) groups excluding carboxylic acids is 1. The van der Waals surface area contributed by atoms with Crippen LogP contribution in [0, 0.1) is 13.8 Å². The van der Waals surface area contributed by atoms with Crippen molar-refractivity contribution in [3.63, 3.8) is 0 Å². The molecule has 0 saturated heterocycles. The monoisotopic (exact) mass is 293 g/mol. The average molecular weight is 293 g/mol. The van der Waals surface area contributed by atoms with E-state index in [4.69, 9.17) is 0 Å². The molecule has 0 bridgehead atoms. The van der Waals surface area contributed by atoms with Crippen LogP contribution in [-0.2, 0) is 5.54 Å². The summed E-state index contributed by atoms with van der Waals surface area (Å²) in [5.74, 6) is 0.412. The van der Waals surface area contributed by atoms with E-state index in [1.807, 2.05) is 40.7 Å². The Kier molecular flexibility index (Phi) is 3.99. The van der Waals surface area contributed by atoms with Crippen molar-refractivity contribution in [3.05, 3.63) is 23.0 Å². The number of tetrazole rings is 1. The first-order chi connectivity index (χ1) is 9.29. The number of thioether (sulfide) groups is 1. The van der Waals surface area contributed by atoms with Gasteiger partial charge in [0, 0.05) is 17.0 Å². The van der Waals surface area contributed by atoms with Crippen LogP contribution in [0.5, 0.6) is 0 Å². The lowest BCUT2D eigenvalue weighted by molar-refractivity contribution is 0.102. The van der Waals surface area contributed by atoms with Crippen molar-refractivity contribution in [2.75, 3.05) is 5.75 Å². The number of nitrogens with zero attached hydrogens (tertiary/aromatic N) is 4. The summed E-state index contributed by atoms with van der Waals surface area (Å²) in [5.41, 5.74) is 2.44. The molecule has 7 heteroatoms. The summed E-state index contributed by atoms with van der Waals surface area (Å²) in [6.07, 6.45) is 0. The number of H-pyrrole nitrogens is 1. The summed E-state index contributed by atoms with van der Waals surface area (Å²) in [5, 5.41) is 12.3. The molecule has 0 aromatic carbocycles. The summed E-state index contributed by atoms with van der Waals surface area (Å²) in [7, 11) is 0. The Morgan fingerprint density at radius 1 is 1.40 bits per heavy atom. The van der Waals surface area contributed by atoms with E-state index in [0.717, 1.165) is 17.0 Å². The summed E-state index contributed by atoms with van der Waals surface area (Å²) in [6, 6.07) is 1.88. The first kappa shape index (κ1) is 14.8. The number of rotatable bonds is 4. The van der Waals surface area contributed by atoms with Crippen LogP contribution in [0.1, 0.15) is 42.5 Å². The molecule has 2 heterocycles. The lowest BCUT2D eigenvalue weighted by Crippen LogP contribution is -2.24. The maximum absolute atomic E-state index is 12.2. The second-order valence-corrected chi connectivity index (χ2v) is 6.69. The first-order valence-electron chi connectivity index (χ1n) is 6.40. The van der Waals surface area contributed by atoms with Crippen molar-refractivity contribution in [1.29, 1.82) is 0 Å². The van der Waals surface area contributed by atoms with E-state index in [2.05, 4.69) is 20.5 Å². The summed E-state index contributed by atoms with van der Waals surface area (Å²) >= 11 is 1.36. The lowest BCUT2D eigenvalue weighted by atomic mass is 10.1. The van der Waals surface area contributed by atoms with E-state index in [9.17, 15) is 4.79 Å². The van der Waals surface area contributed by atoms with Crippen LogP contribution in [0.15, 0.2) is 11.2 Å². The molecule has 6 nitrogen and oxygen atoms in total. The quantitative estimate of drug-likeness (QED) is 0.691. The van der Waals surface area contributed by atoms with E-state index in [-0.39, 0.29) is 11.3 Å². The highest BCUT2D eigenvalue weighted by Gasteiger charge is 2.21. The smallest absolute Gasteiger partial charge is 0.210 e. The molecule has 2 aromatic rings. The molecule has 0 aliphatic carbocycles. The Hall–Kier alpha value is -1.63. The molecule has 2 aromatic heterocycles. The van der Waals surface area contributed by atoms with Crippen LogP contribution >= 0.6 is 11.8 Å². The van der Waals surface area contributed by atoms with Crippen LogP contribution in [0.4, 0.5) is 0 Å². The molecule has 0 aliphatic heterocycles. The van der Waals surface area contributed by atoms with E-state index in [1.54, 1.807) is 4.68 Å². The molecule has 0 fully saturated rings. The van der Waals surface area contributed by atoms with E-state index in [0.29, 0.717) is 10.9 Å². The minimum absolute atomic E-state index is 0.0836. The van der Waals surface area contributed by atoms with Gasteiger partial charge in [0.25, 0.3) is 0 Å². The van der Waals surface area contributed by atoms with Gasteiger partial charge in [-0.15, -0.1) is 5.10 Å². The van der Waals surface area contributed by atoms with Gasteiger partial charge in [-0.2, -0.15) is 0 Å². The zero-order valence-electron chi connectivity index (χ0n) is 12.4. The molecule has 0 saturated carbocycles. The number of hydrogen-bond acceptors (Lipinski definition) is 5. The van der Waals surface area contributed by atoms with Crippen molar-refractivity contribution in [2.45, 2.75) is 45.3 Å². The summed E-state index contributed by atoms with van der Waals surface area (Å²) in [4.78, 5) is 15.4. The number of carbonyl (C=O) groups is 1. The SMILES string of the molecule is Cc1cc(C(=O)CSc2nnnn2C(C)(C)C)c(C)[nH]1. The molecule has 0 amide bonds. The van der Waals surface area contributed by atoms with Crippen molar-refractivity contribution < 1.29 is 4.79 Å². The third-order valence-electron chi connectivity index (χ3n) is 2.86. The molecule has 20 heavy (non-hydrogen) atoms. The number of aryl methyl sites for hydroxylation is 2. The van der Waals surface area contributed by atoms with Crippen molar-refractivity contribution in [3.8, 4) is 0 Å². The van der Waals surface area contributed by atoms with E-state index >= 15 is 0 Å². The molecule has 0 spiro atoms. The highest BCUT2D eigenvalue weighted by Crippen LogP contribution is 2.22. The molecule has 108 valence electrons. The van der Waals surface area contributed by atoms with Crippen molar-refractivity contribution in [1.82, 2.24) is 25.2 Å². The second-order valence-electron chi connectivity index (χ2n) is 5.75. The maximum Gasteiger partial charge on any atom is 0.210 e. The molecule has 0 aliphatic rings. The van der Waals surface area contributed by atoms with Gasteiger partial charge in [0.05, 0.1) is 11.3 Å². The fourth-order valence-electron chi connectivity index (χ4n) is 1.91. The number of hydrogen-bond donors (Lipinski definition) is 1. The third-order valence-corrected chi connectivity index (χ3v) is 3.78. The van der Waals surface area contributed by atoms with Crippen LogP contribution in [0.25, 0.3) is 0 Å². The largest absolute Gasteiger partial charge is 0.362 e. The number of aromatic amines is 1. The fourth-order valence-corrected chi connectivity index (χ4v) is 2.85. The average Bonchev–Trinajstić information content (AvgIpc) is 2.91. The zero-order chi connectivity index (χ0) is 14.9. The van der Waals surface area contributed by atoms with Crippen LogP contribution in [0.2, 0.25) is 0 Å². The third kappa shape index (κ3) is 3.09. The lowest BCUT2D eigenvalue weighted by Gasteiger charge is -2.19. The van der Waals surface area contributed by atoms with Gasteiger partial charge in [0.2, 0.25) is 5.16 Å². The minimum Gasteiger partial charge on any atom is -0.362 e. The maximum atomic E-state index is 12.2. The second kappa shape index (κ2) is 5.40. The Balaban J connectivity index is 2.08. The van der Waals surface area contributed by atoms with Crippen LogP contribution < -0.4 is 0 Å². The van der Waals surface area contributed by atoms with Gasteiger partial charge in [-0.05, 0) is 51.1 Å². The van der Waals surface area contributed by atoms with Gasteiger partial charge in [-0.1, -0.05) is 11.8 Å². The van der Waals surface area contributed by atoms with Gasteiger partial charge in [0.1, 0.15) is 0 Å². The van der Waals surface area contributed by atoms with Gasteiger partial charge >= 0.3 is 0 Å². The van der Waals surface area contributed by atoms with E-state index < -0.39 is 0 Å². The van der Waals surface area contributed by atoms with Gasteiger partial charge in [-0.3, -0.25) is 4.79 Å². The Morgan fingerprint density at radius 3 is 2.65 bits per heavy atom. The van der Waals surface area contributed by atoms with Crippen molar-refractivity contribution in [2.24, 2.45) is 0 Å². The molecular weight excluding hydrogens is 274 g/mol. The summed E-state index contributed by atoms with van der Waals surface area (Å²) < 4.78 is 1.74. The summed E-state index contributed by atoms with van der Waals surface area (Å²) in [6.45, 7) is 9.92. The molecule has 2 rings (SSSR count). The highest BCUT2D eigenvalue weighted by molar-refractivity contribution is 7.99. The predicted molar refractivity (Wildman–Crippen MR) is 78.1 cm³/mol. The molecule has 0 unspecified atom stereocenters. The van der Waals surface area contributed by atoms with Crippen LogP contribution in [-0.4, -0.2) is 36.7 Å². The number of nitrogens with one attached hydrogen (secondary N) is 1. The Bertz CT molecular complexity index is 623. The molecular formula is C13H19N5OS. The van der Waals surface area contributed by atoms with Crippen LogP contribution in [0.3, 0.4) is 0 Å². The van der Waals surface area contributed by atoms with Crippen molar-refractivity contribution >= 4 is 17.5 Å². The minimum atomic E-state index is -0.199. The standard InChI is InChI=1S/C13H19N5OS/c1-8-6-10(9(2)14-8)11(19)7-20-12-15-16-17-18(12)13(3,4)5/h6,14H,7H2,1-5H3. The normalized spacial score (nSPS) is 11.8.